The molecule has 2 amide bonds. The van der Waals surface area contributed by atoms with Crippen molar-refractivity contribution in [3.63, 3.8) is 0 Å². The van der Waals surface area contributed by atoms with Gasteiger partial charge in [-0.2, -0.15) is 0 Å². The van der Waals surface area contributed by atoms with Crippen LogP contribution in [-0.4, -0.2) is 22.0 Å². The van der Waals surface area contributed by atoms with Gasteiger partial charge in [-0.15, -0.1) is 0 Å². The van der Waals surface area contributed by atoms with Crippen LogP contribution in [0.2, 0.25) is 0 Å². The Morgan fingerprint density at radius 2 is 1.61 bits per heavy atom. The SMILES string of the molecule is O=C(NO)c1ccc(CNC(=O)c2ccc3cccc(OCc4ccc(F)cc4)c3n2)cc1. The molecule has 0 saturated heterocycles. The number of hydrogen-bond acceptors (Lipinski definition) is 5. The van der Waals surface area contributed by atoms with E-state index in [0.717, 1.165) is 16.5 Å². The van der Waals surface area contributed by atoms with Crippen LogP contribution in [0.4, 0.5) is 4.39 Å². The van der Waals surface area contributed by atoms with Gasteiger partial charge in [0.25, 0.3) is 11.8 Å². The van der Waals surface area contributed by atoms with Crippen LogP contribution in [-0.2, 0) is 13.2 Å². The molecule has 0 atom stereocenters. The number of halogens is 1. The summed E-state index contributed by atoms with van der Waals surface area (Å²) in [4.78, 5) is 28.5. The number of rotatable bonds is 7. The lowest BCUT2D eigenvalue weighted by Gasteiger charge is -2.11. The van der Waals surface area contributed by atoms with E-state index in [0.29, 0.717) is 16.8 Å². The van der Waals surface area contributed by atoms with Crippen molar-refractivity contribution >= 4 is 22.7 Å². The molecule has 0 aliphatic heterocycles. The fourth-order valence-corrected chi connectivity index (χ4v) is 3.22. The van der Waals surface area contributed by atoms with Crippen LogP contribution in [0.25, 0.3) is 10.9 Å². The Balaban J connectivity index is 1.46. The highest BCUT2D eigenvalue weighted by molar-refractivity contribution is 5.96. The van der Waals surface area contributed by atoms with Crippen molar-refractivity contribution in [2.45, 2.75) is 13.2 Å². The molecule has 1 heterocycles. The van der Waals surface area contributed by atoms with Crippen molar-refractivity contribution in [2.24, 2.45) is 0 Å². The van der Waals surface area contributed by atoms with Gasteiger partial charge in [-0.25, -0.2) is 14.9 Å². The summed E-state index contributed by atoms with van der Waals surface area (Å²) in [6.07, 6.45) is 0. The number of amides is 2. The van der Waals surface area contributed by atoms with Crippen LogP contribution < -0.4 is 15.5 Å². The first-order valence-electron chi connectivity index (χ1n) is 10.1. The van der Waals surface area contributed by atoms with Gasteiger partial charge in [-0.3, -0.25) is 14.8 Å². The van der Waals surface area contributed by atoms with Crippen LogP contribution in [0.3, 0.4) is 0 Å². The maximum Gasteiger partial charge on any atom is 0.274 e. The Hall–Kier alpha value is -4.30. The predicted molar refractivity (Wildman–Crippen MR) is 119 cm³/mol. The van der Waals surface area contributed by atoms with E-state index in [4.69, 9.17) is 9.94 Å². The summed E-state index contributed by atoms with van der Waals surface area (Å²) in [6, 6.07) is 21.4. The van der Waals surface area contributed by atoms with Crippen molar-refractivity contribution in [3.05, 3.63) is 107 Å². The fraction of sp³-hybridized carbons (Fsp3) is 0.0800. The quantitative estimate of drug-likeness (QED) is 0.295. The van der Waals surface area contributed by atoms with E-state index in [2.05, 4.69) is 10.3 Å². The van der Waals surface area contributed by atoms with Gasteiger partial charge in [0.15, 0.2) is 0 Å². The normalized spacial score (nSPS) is 10.6. The number of carbonyl (C=O) groups excluding carboxylic acids is 2. The Bertz CT molecular complexity index is 1290. The second kappa shape index (κ2) is 9.88. The molecule has 0 aliphatic rings. The molecule has 7 nitrogen and oxygen atoms in total. The smallest absolute Gasteiger partial charge is 0.274 e. The van der Waals surface area contributed by atoms with E-state index in [1.807, 2.05) is 12.1 Å². The van der Waals surface area contributed by atoms with Crippen LogP contribution in [0, 0.1) is 5.82 Å². The third kappa shape index (κ3) is 5.31. The van der Waals surface area contributed by atoms with Crippen molar-refractivity contribution < 1.29 is 23.9 Å². The lowest BCUT2D eigenvalue weighted by molar-refractivity contribution is 0.0706. The van der Waals surface area contributed by atoms with E-state index in [1.165, 1.54) is 12.1 Å². The molecule has 0 aliphatic carbocycles. The largest absolute Gasteiger partial charge is 0.487 e. The second-order valence-corrected chi connectivity index (χ2v) is 7.26. The molecule has 33 heavy (non-hydrogen) atoms. The molecular weight excluding hydrogens is 425 g/mol. The minimum Gasteiger partial charge on any atom is -0.487 e. The van der Waals surface area contributed by atoms with Crippen molar-refractivity contribution in [1.29, 1.82) is 0 Å². The highest BCUT2D eigenvalue weighted by Crippen LogP contribution is 2.25. The number of hydroxylamine groups is 1. The highest BCUT2D eigenvalue weighted by Gasteiger charge is 2.12. The number of benzene rings is 3. The van der Waals surface area contributed by atoms with Gasteiger partial charge in [-0.05, 0) is 47.5 Å². The number of para-hydroxylation sites is 1. The minimum atomic E-state index is -0.608. The second-order valence-electron chi connectivity index (χ2n) is 7.26. The molecule has 166 valence electrons. The molecule has 4 aromatic rings. The number of fused-ring (bicyclic) bond motifs is 1. The maximum absolute atomic E-state index is 13.1. The van der Waals surface area contributed by atoms with Crippen LogP contribution >= 0.6 is 0 Å². The molecule has 1 aromatic heterocycles. The number of aromatic nitrogens is 1. The lowest BCUT2D eigenvalue weighted by atomic mass is 10.1. The molecule has 3 N–H and O–H groups in total. The summed E-state index contributed by atoms with van der Waals surface area (Å²) >= 11 is 0. The van der Waals surface area contributed by atoms with Gasteiger partial charge in [0.2, 0.25) is 0 Å². The Morgan fingerprint density at radius 1 is 0.879 bits per heavy atom. The average molecular weight is 445 g/mol. The summed E-state index contributed by atoms with van der Waals surface area (Å²) in [6.45, 7) is 0.476. The number of carbonyl (C=O) groups is 2. The van der Waals surface area contributed by atoms with Gasteiger partial charge >= 0.3 is 0 Å². The number of hydrogen-bond donors (Lipinski definition) is 3. The molecule has 0 radical (unpaired) electrons. The number of ether oxygens (including phenoxy) is 1. The Kier molecular flexibility index (Phi) is 6.56. The topological polar surface area (TPSA) is 101 Å². The summed E-state index contributed by atoms with van der Waals surface area (Å²) < 4.78 is 19.0. The van der Waals surface area contributed by atoms with E-state index in [-0.39, 0.29) is 30.6 Å². The molecule has 8 heteroatoms. The summed E-state index contributed by atoms with van der Waals surface area (Å²) in [5, 5.41) is 12.3. The monoisotopic (exact) mass is 445 g/mol. The average Bonchev–Trinajstić information content (AvgIpc) is 2.86. The zero-order valence-corrected chi connectivity index (χ0v) is 17.4. The van der Waals surface area contributed by atoms with E-state index >= 15 is 0 Å². The molecule has 0 fully saturated rings. The molecular formula is C25H20FN3O4. The zero-order valence-electron chi connectivity index (χ0n) is 17.4. The van der Waals surface area contributed by atoms with Crippen LogP contribution in [0.5, 0.6) is 5.75 Å². The fourth-order valence-electron chi connectivity index (χ4n) is 3.22. The van der Waals surface area contributed by atoms with Gasteiger partial charge in [0, 0.05) is 17.5 Å². The standard InChI is InChI=1S/C25H20FN3O4/c26-20-11-6-17(7-12-20)15-33-22-3-1-2-18-10-13-21(28-23(18)22)25(31)27-14-16-4-8-19(9-5-16)24(30)29-32/h1-13,32H,14-15H2,(H,27,31)(H,29,30). The molecule has 3 aromatic carbocycles. The maximum atomic E-state index is 13.1. The summed E-state index contributed by atoms with van der Waals surface area (Å²) in [7, 11) is 0. The third-order valence-corrected chi connectivity index (χ3v) is 4.99. The first-order valence-corrected chi connectivity index (χ1v) is 10.1. The van der Waals surface area contributed by atoms with Crippen molar-refractivity contribution in [1.82, 2.24) is 15.8 Å². The molecule has 0 bridgehead atoms. The summed E-state index contributed by atoms with van der Waals surface area (Å²) in [5.41, 5.74) is 4.24. The molecule has 4 rings (SSSR count). The Morgan fingerprint density at radius 3 is 2.33 bits per heavy atom. The Labute approximate surface area is 188 Å². The predicted octanol–water partition coefficient (Wildman–Crippen LogP) is 4.00. The minimum absolute atomic E-state index is 0.233. The molecule has 0 saturated carbocycles. The van der Waals surface area contributed by atoms with E-state index in [9.17, 15) is 14.0 Å². The highest BCUT2D eigenvalue weighted by atomic mass is 19.1. The van der Waals surface area contributed by atoms with Crippen LogP contribution in [0.15, 0.2) is 78.9 Å². The summed E-state index contributed by atoms with van der Waals surface area (Å²) in [5.74, 6) is -0.761. The molecule has 0 unspecified atom stereocenters. The number of nitrogens with zero attached hydrogens (tertiary/aromatic N) is 1. The molecule has 0 spiro atoms. The van der Waals surface area contributed by atoms with E-state index < -0.39 is 5.91 Å². The van der Waals surface area contributed by atoms with Crippen LogP contribution in [0.1, 0.15) is 32.0 Å². The van der Waals surface area contributed by atoms with Gasteiger partial charge in [0.05, 0.1) is 0 Å². The third-order valence-electron chi connectivity index (χ3n) is 4.99. The van der Waals surface area contributed by atoms with E-state index in [1.54, 1.807) is 60.1 Å². The lowest BCUT2D eigenvalue weighted by Crippen LogP contribution is -2.24. The van der Waals surface area contributed by atoms with Crippen molar-refractivity contribution in [2.75, 3.05) is 0 Å². The number of pyridine rings is 1. The van der Waals surface area contributed by atoms with Gasteiger partial charge < -0.3 is 10.1 Å². The first kappa shape index (κ1) is 21.9. The zero-order chi connectivity index (χ0) is 23.2. The number of nitrogens with one attached hydrogen (secondary N) is 2. The van der Waals surface area contributed by atoms with Crippen molar-refractivity contribution in [3.8, 4) is 5.75 Å². The van der Waals surface area contributed by atoms with Gasteiger partial charge in [0.1, 0.15) is 29.4 Å². The van der Waals surface area contributed by atoms with Gasteiger partial charge in [-0.1, -0.05) is 42.5 Å². The first-order chi connectivity index (χ1) is 16.0.